The molecule has 0 unspecified atom stereocenters. The third kappa shape index (κ3) is 1.89. The number of hydrogen-bond acceptors (Lipinski definition) is 5. The van der Waals surface area contributed by atoms with E-state index >= 15 is 0 Å². The van der Waals surface area contributed by atoms with Crippen molar-refractivity contribution in [2.24, 2.45) is 0 Å². The first kappa shape index (κ1) is 11.3. The van der Waals surface area contributed by atoms with Crippen LogP contribution >= 0.6 is 0 Å². The van der Waals surface area contributed by atoms with Crippen molar-refractivity contribution in [2.45, 2.75) is 0 Å². The van der Waals surface area contributed by atoms with Gasteiger partial charge in [0.15, 0.2) is 17.3 Å². The minimum Gasteiger partial charge on any atom is -0.493 e. The molecule has 0 aliphatic heterocycles. The number of benzene rings is 1. The van der Waals surface area contributed by atoms with Gasteiger partial charge in [0, 0.05) is 11.6 Å². The summed E-state index contributed by atoms with van der Waals surface area (Å²) in [6.45, 7) is 0. The number of aromatic nitrogens is 1. The predicted molar refractivity (Wildman–Crippen MR) is 59.4 cm³/mol. The molecule has 1 aromatic carbocycles. The van der Waals surface area contributed by atoms with Gasteiger partial charge in [0.2, 0.25) is 5.88 Å². The third-order valence-electron chi connectivity index (χ3n) is 2.29. The van der Waals surface area contributed by atoms with Crippen LogP contribution in [-0.4, -0.2) is 19.4 Å². The van der Waals surface area contributed by atoms with Crippen molar-refractivity contribution < 1.29 is 18.4 Å². The number of nitrogen functional groups attached to an aromatic ring is 1. The summed E-state index contributed by atoms with van der Waals surface area (Å²) in [5, 5.41) is 3.64. The lowest BCUT2D eigenvalue weighted by molar-refractivity contribution is 0.338. The second kappa shape index (κ2) is 4.32. The molecule has 2 N–H and O–H groups in total. The minimum atomic E-state index is -0.569. The van der Waals surface area contributed by atoms with Gasteiger partial charge in [0.1, 0.15) is 5.69 Å². The molecule has 2 aromatic rings. The van der Waals surface area contributed by atoms with Crippen LogP contribution < -0.4 is 15.2 Å². The Morgan fingerprint density at radius 2 is 2.06 bits per heavy atom. The predicted octanol–water partition coefficient (Wildman–Crippen LogP) is 2.08. The Labute approximate surface area is 96.9 Å². The Morgan fingerprint density at radius 3 is 2.59 bits per heavy atom. The molecule has 0 atom stereocenters. The maximum atomic E-state index is 14.1. The van der Waals surface area contributed by atoms with E-state index in [-0.39, 0.29) is 17.2 Å². The van der Waals surface area contributed by atoms with Crippen LogP contribution in [0.5, 0.6) is 11.5 Å². The van der Waals surface area contributed by atoms with Crippen LogP contribution in [0.15, 0.2) is 22.7 Å². The SMILES string of the molecule is COc1ccc(-c2cc(N)on2)c(F)c1OC. The fourth-order valence-electron chi connectivity index (χ4n) is 1.50. The number of nitrogens with two attached hydrogens (primary N) is 1. The molecule has 1 heterocycles. The van der Waals surface area contributed by atoms with Gasteiger partial charge in [-0.25, -0.2) is 4.39 Å². The van der Waals surface area contributed by atoms with E-state index in [0.29, 0.717) is 11.4 Å². The van der Waals surface area contributed by atoms with E-state index < -0.39 is 5.82 Å². The van der Waals surface area contributed by atoms with Gasteiger partial charge in [-0.3, -0.25) is 0 Å². The number of ether oxygens (including phenoxy) is 2. The van der Waals surface area contributed by atoms with Crippen LogP contribution in [0.25, 0.3) is 11.3 Å². The number of rotatable bonds is 3. The standard InChI is InChI=1S/C11H11FN2O3/c1-15-8-4-3-6(10(12)11(8)16-2)7-5-9(13)17-14-7/h3-5H,13H2,1-2H3. The van der Waals surface area contributed by atoms with E-state index in [0.717, 1.165) is 0 Å². The average Bonchev–Trinajstić information content (AvgIpc) is 2.75. The number of anilines is 1. The van der Waals surface area contributed by atoms with Gasteiger partial charge in [0.05, 0.1) is 14.2 Å². The van der Waals surface area contributed by atoms with Gasteiger partial charge in [-0.05, 0) is 12.1 Å². The van der Waals surface area contributed by atoms with Crippen LogP contribution in [0.3, 0.4) is 0 Å². The monoisotopic (exact) mass is 238 g/mol. The van der Waals surface area contributed by atoms with Gasteiger partial charge in [-0.2, -0.15) is 0 Å². The summed E-state index contributed by atoms with van der Waals surface area (Å²) < 4.78 is 28.7. The van der Waals surface area contributed by atoms with Crippen LogP contribution in [0.2, 0.25) is 0 Å². The van der Waals surface area contributed by atoms with E-state index in [2.05, 4.69) is 5.16 Å². The Hall–Kier alpha value is -2.24. The molecule has 0 saturated heterocycles. The van der Waals surface area contributed by atoms with Gasteiger partial charge < -0.3 is 19.7 Å². The second-order valence-corrected chi connectivity index (χ2v) is 3.28. The van der Waals surface area contributed by atoms with Crippen molar-refractivity contribution in [3.63, 3.8) is 0 Å². The lowest BCUT2D eigenvalue weighted by Gasteiger charge is -2.10. The molecule has 6 heteroatoms. The Morgan fingerprint density at radius 1 is 1.29 bits per heavy atom. The van der Waals surface area contributed by atoms with Crippen LogP contribution in [0, 0.1) is 5.82 Å². The second-order valence-electron chi connectivity index (χ2n) is 3.28. The maximum Gasteiger partial charge on any atom is 0.222 e. The molecule has 0 spiro atoms. The fraction of sp³-hybridized carbons (Fsp3) is 0.182. The van der Waals surface area contributed by atoms with Crippen molar-refractivity contribution in [1.82, 2.24) is 5.16 Å². The van der Waals surface area contributed by atoms with E-state index in [1.165, 1.54) is 26.4 Å². The van der Waals surface area contributed by atoms with Gasteiger partial charge in [-0.1, -0.05) is 5.16 Å². The number of halogens is 1. The first-order valence-corrected chi connectivity index (χ1v) is 4.80. The molecule has 5 nitrogen and oxygen atoms in total. The summed E-state index contributed by atoms with van der Waals surface area (Å²) in [6, 6.07) is 4.54. The first-order valence-electron chi connectivity index (χ1n) is 4.80. The summed E-state index contributed by atoms with van der Waals surface area (Å²) in [5.41, 5.74) is 5.93. The summed E-state index contributed by atoms with van der Waals surface area (Å²) >= 11 is 0. The number of nitrogens with zero attached hydrogens (tertiary/aromatic N) is 1. The third-order valence-corrected chi connectivity index (χ3v) is 2.29. The zero-order valence-corrected chi connectivity index (χ0v) is 9.36. The lowest BCUT2D eigenvalue weighted by Crippen LogP contribution is -1.96. The summed E-state index contributed by atoms with van der Waals surface area (Å²) in [4.78, 5) is 0. The number of hydrogen-bond donors (Lipinski definition) is 1. The topological polar surface area (TPSA) is 70.5 Å². The zero-order valence-electron chi connectivity index (χ0n) is 9.36. The highest BCUT2D eigenvalue weighted by Gasteiger charge is 2.18. The van der Waals surface area contributed by atoms with E-state index in [9.17, 15) is 4.39 Å². The molecule has 0 amide bonds. The lowest BCUT2D eigenvalue weighted by atomic mass is 10.1. The molecule has 0 aliphatic rings. The molecule has 0 saturated carbocycles. The van der Waals surface area contributed by atoms with Crippen molar-refractivity contribution in [3.8, 4) is 22.8 Å². The summed E-state index contributed by atoms with van der Waals surface area (Å²) in [5.74, 6) is -0.119. The van der Waals surface area contributed by atoms with Crippen molar-refractivity contribution in [2.75, 3.05) is 20.0 Å². The summed E-state index contributed by atoms with van der Waals surface area (Å²) in [6.07, 6.45) is 0. The Bertz CT molecular complexity index is 540. The quantitative estimate of drug-likeness (QED) is 0.886. The molecule has 0 fully saturated rings. The largest absolute Gasteiger partial charge is 0.493 e. The Kier molecular flexibility index (Phi) is 2.86. The van der Waals surface area contributed by atoms with Crippen LogP contribution in [0.1, 0.15) is 0 Å². The van der Waals surface area contributed by atoms with E-state index in [1.54, 1.807) is 6.07 Å². The Balaban J connectivity index is 2.56. The summed E-state index contributed by atoms with van der Waals surface area (Å²) in [7, 11) is 2.80. The fourth-order valence-corrected chi connectivity index (χ4v) is 1.50. The molecule has 0 bridgehead atoms. The highest BCUT2D eigenvalue weighted by atomic mass is 19.1. The first-order chi connectivity index (χ1) is 8.17. The number of methoxy groups -OCH3 is 2. The normalized spacial score (nSPS) is 10.3. The van der Waals surface area contributed by atoms with Crippen molar-refractivity contribution >= 4 is 5.88 Å². The molecule has 0 radical (unpaired) electrons. The molecule has 2 rings (SSSR count). The molecule has 17 heavy (non-hydrogen) atoms. The van der Waals surface area contributed by atoms with Gasteiger partial charge in [-0.15, -0.1) is 0 Å². The van der Waals surface area contributed by atoms with Crippen LogP contribution in [0.4, 0.5) is 10.3 Å². The highest BCUT2D eigenvalue weighted by molar-refractivity contribution is 5.66. The molecule has 1 aromatic heterocycles. The van der Waals surface area contributed by atoms with Crippen molar-refractivity contribution in [3.05, 3.63) is 24.0 Å². The molecular formula is C11H11FN2O3. The highest BCUT2D eigenvalue weighted by Crippen LogP contribution is 2.36. The molecular weight excluding hydrogens is 227 g/mol. The zero-order chi connectivity index (χ0) is 12.4. The van der Waals surface area contributed by atoms with E-state index in [4.69, 9.17) is 19.7 Å². The molecule has 90 valence electrons. The van der Waals surface area contributed by atoms with Crippen molar-refractivity contribution in [1.29, 1.82) is 0 Å². The maximum absolute atomic E-state index is 14.1. The van der Waals surface area contributed by atoms with E-state index in [1.807, 2.05) is 0 Å². The van der Waals surface area contributed by atoms with Gasteiger partial charge >= 0.3 is 0 Å². The average molecular weight is 238 g/mol. The minimum absolute atomic E-state index is 0.0200. The molecule has 0 aliphatic carbocycles. The smallest absolute Gasteiger partial charge is 0.222 e. The van der Waals surface area contributed by atoms with Gasteiger partial charge in [0.25, 0.3) is 0 Å². The van der Waals surface area contributed by atoms with Crippen LogP contribution in [-0.2, 0) is 0 Å².